The van der Waals surface area contributed by atoms with Gasteiger partial charge in [0.1, 0.15) is 35.4 Å². The molecule has 0 bridgehead atoms. The van der Waals surface area contributed by atoms with Crippen molar-refractivity contribution in [3.63, 3.8) is 0 Å². The minimum Gasteiger partial charge on any atom is -0.508 e. The second-order valence-corrected chi connectivity index (χ2v) is 6.53. The molecule has 0 spiro atoms. The predicted octanol–water partition coefficient (Wildman–Crippen LogP) is 0.724. The van der Waals surface area contributed by atoms with E-state index >= 15 is 0 Å². The largest absolute Gasteiger partial charge is 0.508 e. The van der Waals surface area contributed by atoms with Crippen molar-refractivity contribution in [1.29, 1.82) is 0 Å². The van der Waals surface area contributed by atoms with Gasteiger partial charge in [-0.2, -0.15) is 0 Å². The van der Waals surface area contributed by atoms with Crippen LogP contribution in [0.4, 0.5) is 0 Å². The van der Waals surface area contributed by atoms with Crippen molar-refractivity contribution in [3.05, 3.63) is 35.4 Å². The summed E-state index contributed by atoms with van der Waals surface area (Å²) in [6, 6.07) is 2.31. The number of aliphatic hydroxyl groups is 2. The van der Waals surface area contributed by atoms with Crippen molar-refractivity contribution in [2.75, 3.05) is 0 Å². The zero-order valence-corrected chi connectivity index (χ0v) is 14.0. The van der Waals surface area contributed by atoms with E-state index in [4.69, 9.17) is 9.47 Å². The van der Waals surface area contributed by atoms with Gasteiger partial charge in [0.05, 0.1) is 12.2 Å². The normalized spacial score (nSPS) is 33.4. The lowest BCUT2D eigenvalue weighted by atomic mass is 9.97. The van der Waals surface area contributed by atoms with Crippen LogP contribution in [0.15, 0.2) is 24.3 Å². The van der Waals surface area contributed by atoms with Gasteiger partial charge in [0.15, 0.2) is 5.78 Å². The van der Waals surface area contributed by atoms with Crippen molar-refractivity contribution in [2.45, 2.75) is 50.3 Å². The Morgan fingerprint density at radius 2 is 1.88 bits per heavy atom. The first-order valence-electron chi connectivity index (χ1n) is 8.26. The van der Waals surface area contributed by atoms with Crippen LogP contribution < -0.4 is 0 Å². The summed E-state index contributed by atoms with van der Waals surface area (Å²) in [5.41, 5.74) is 0.111. The highest BCUT2D eigenvalue weighted by Gasteiger charge is 2.45. The summed E-state index contributed by atoms with van der Waals surface area (Å²) in [7, 11) is 0. The molecular weight excluding hydrogens is 344 g/mol. The Morgan fingerprint density at radius 1 is 1.15 bits per heavy atom. The Morgan fingerprint density at radius 3 is 2.62 bits per heavy atom. The first-order valence-corrected chi connectivity index (χ1v) is 8.26. The minimum atomic E-state index is -1.59. The number of phenols is 2. The van der Waals surface area contributed by atoms with Crippen LogP contribution in [-0.4, -0.2) is 56.6 Å². The van der Waals surface area contributed by atoms with Crippen LogP contribution in [0, 0.1) is 0 Å². The maximum Gasteiger partial charge on any atom is 0.342 e. The van der Waals surface area contributed by atoms with Gasteiger partial charge < -0.3 is 29.9 Å². The number of benzene rings is 1. The molecule has 8 heteroatoms. The first kappa shape index (κ1) is 18.4. The zero-order chi connectivity index (χ0) is 19.0. The Labute approximate surface area is 149 Å². The molecule has 1 fully saturated rings. The van der Waals surface area contributed by atoms with E-state index in [9.17, 15) is 30.0 Å². The lowest BCUT2D eigenvalue weighted by molar-refractivity contribution is -0.128. The van der Waals surface area contributed by atoms with E-state index in [2.05, 4.69) is 0 Å². The standard InChI is InChI=1S/C18H20O8/c1-8-3-2-4-11(20)16(23)13(22)7-14-17(26-14)10-5-9(19)6-12(21)15(10)18(24)25-8/h2,4-6,8,13-14,16-17,19,21-23H,3,7H2,1H3/b4-2-/t8-,13-,14-,16+,17+/m0/s1. The molecule has 0 unspecified atom stereocenters. The van der Waals surface area contributed by atoms with Gasteiger partial charge in [-0.15, -0.1) is 0 Å². The number of hydrogen-bond donors (Lipinski definition) is 4. The Balaban J connectivity index is 1.97. The maximum atomic E-state index is 12.5. The van der Waals surface area contributed by atoms with Crippen LogP contribution in [-0.2, 0) is 14.3 Å². The minimum absolute atomic E-state index is 0.0489. The number of cyclic esters (lactones) is 1. The van der Waals surface area contributed by atoms with Crippen LogP contribution in [0.1, 0.15) is 41.8 Å². The molecule has 2 heterocycles. The average Bonchev–Trinajstić information content (AvgIpc) is 3.31. The molecule has 2 aliphatic rings. The number of ketones is 1. The van der Waals surface area contributed by atoms with E-state index in [1.807, 2.05) is 0 Å². The van der Waals surface area contributed by atoms with Crippen LogP contribution >= 0.6 is 0 Å². The van der Waals surface area contributed by atoms with E-state index in [-0.39, 0.29) is 29.7 Å². The molecule has 1 saturated heterocycles. The number of carbonyl (C=O) groups is 2. The van der Waals surface area contributed by atoms with Crippen molar-refractivity contribution in [2.24, 2.45) is 0 Å². The summed E-state index contributed by atoms with van der Waals surface area (Å²) in [6.45, 7) is 1.61. The molecule has 0 aromatic heterocycles. The predicted molar refractivity (Wildman–Crippen MR) is 87.7 cm³/mol. The summed E-state index contributed by atoms with van der Waals surface area (Å²) in [4.78, 5) is 24.3. The van der Waals surface area contributed by atoms with Crippen molar-refractivity contribution >= 4 is 11.8 Å². The second-order valence-electron chi connectivity index (χ2n) is 6.53. The molecule has 1 aromatic carbocycles. The van der Waals surface area contributed by atoms with E-state index in [1.165, 1.54) is 12.1 Å². The number of aromatic hydroxyl groups is 2. The molecule has 2 aliphatic heterocycles. The molecule has 0 saturated carbocycles. The average molecular weight is 364 g/mol. The van der Waals surface area contributed by atoms with Gasteiger partial charge in [0, 0.05) is 24.5 Å². The number of ether oxygens (including phenoxy) is 2. The Kier molecular flexibility index (Phi) is 4.99. The molecule has 140 valence electrons. The van der Waals surface area contributed by atoms with Gasteiger partial charge in [-0.3, -0.25) is 4.79 Å². The fraction of sp³-hybridized carbons (Fsp3) is 0.444. The highest BCUT2D eigenvalue weighted by Crippen LogP contribution is 2.46. The van der Waals surface area contributed by atoms with Crippen LogP contribution in [0.2, 0.25) is 0 Å². The molecular formula is C18H20O8. The van der Waals surface area contributed by atoms with E-state index in [0.29, 0.717) is 0 Å². The van der Waals surface area contributed by atoms with Gasteiger partial charge in [-0.05, 0) is 19.1 Å². The molecule has 3 rings (SSSR count). The molecule has 8 nitrogen and oxygen atoms in total. The lowest BCUT2D eigenvalue weighted by Crippen LogP contribution is -2.34. The van der Waals surface area contributed by atoms with Gasteiger partial charge in [0.25, 0.3) is 0 Å². The molecule has 1 aromatic rings. The van der Waals surface area contributed by atoms with Gasteiger partial charge in [0.2, 0.25) is 0 Å². The Bertz CT molecular complexity index is 756. The smallest absolute Gasteiger partial charge is 0.342 e. The number of phenolic OH excluding ortho intramolecular Hbond substituents is 2. The van der Waals surface area contributed by atoms with Crippen LogP contribution in [0.25, 0.3) is 0 Å². The first-order chi connectivity index (χ1) is 12.3. The second kappa shape index (κ2) is 7.06. The Hall–Kier alpha value is -2.42. The number of aliphatic hydroxyl groups excluding tert-OH is 2. The summed E-state index contributed by atoms with van der Waals surface area (Å²) in [6.07, 6.45) is -2.06. The topological polar surface area (TPSA) is 137 Å². The number of epoxide rings is 1. The summed E-state index contributed by atoms with van der Waals surface area (Å²) >= 11 is 0. The van der Waals surface area contributed by atoms with Gasteiger partial charge in [-0.25, -0.2) is 4.79 Å². The zero-order valence-electron chi connectivity index (χ0n) is 14.0. The van der Waals surface area contributed by atoms with E-state index in [0.717, 1.165) is 12.1 Å². The summed E-state index contributed by atoms with van der Waals surface area (Å²) < 4.78 is 10.7. The highest BCUT2D eigenvalue weighted by atomic mass is 16.6. The summed E-state index contributed by atoms with van der Waals surface area (Å²) in [5, 5.41) is 39.8. The number of carbonyl (C=O) groups excluding carboxylic acids is 2. The van der Waals surface area contributed by atoms with Crippen molar-refractivity contribution in [3.8, 4) is 11.5 Å². The molecule has 26 heavy (non-hydrogen) atoms. The lowest BCUT2D eigenvalue weighted by Gasteiger charge is -2.17. The molecule has 5 atom stereocenters. The fourth-order valence-corrected chi connectivity index (χ4v) is 3.00. The number of fused-ring (bicyclic) bond motifs is 3. The number of rotatable bonds is 0. The fourth-order valence-electron chi connectivity index (χ4n) is 3.00. The molecule has 0 amide bonds. The van der Waals surface area contributed by atoms with Crippen molar-refractivity contribution < 1.29 is 39.5 Å². The third-order valence-corrected chi connectivity index (χ3v) is 4.41. The van der Waals surface area contributed by atoms with E-state index < -0.39 is 48.0 Å². The van der Waals surface area contributed by atoms with Gasteiger partial charge >= 0.3 is 5.97 Å². The SMILES string of the molecule is C[C@H]1C/C=C\C(=O)[C@@H](O)[C@@H](O)C[C@@H]2O[C@@H]2c2cc(O)cc(O)c2C(=O)O1. The number of hydrogen-bond acceptors (Lipinski definition) is 8. The van der Waals surface area contributed by atoms with Crippen LogP contribution in [0.5, 0.6) is 11.5 Å². The summed E-state index contributed by atoms with van der Waals surface area (Å²) in [5.74, 6) is -2.13. The molecule has 0 aliphatic carbocycles. The molecule has 4 N–H and O–H groups in total. The molecule has 0 radical (unpaired) electrons. The van der Waals surface area contributed by atoms with E-state index in [1.54, 1.807) is 6.92 Å². The third kappa shape index (κ3) is 3.72. The van der Waals surface area contributed by atoms with Crippen LogP contribution in [0.3, 0.4) is 0 Å². The third-order valence-electron chi connectivity index (χ3n) is 4.41. The monoisotopic (exact) mass is 364 g/mol. The quantitative estimate of drug-likeness (QED) is 0.390. The maximum absolute atomic E-state index is 12.5. The van der Waals surface area contributed by atoms with Crippen molar-refractivity contribution in [1.82, 2.24) is 0 Å². The van der Waals surface area contributed by atoms with Gasteiger partial charge in [-0.1, -0.05) is 6.08 Å². The highest BCUT2D eigenvalue weighted by molar-refractivity contribution is 5.95. The number of esters is 1.